The Kier molecular flexibility index (Phi) is 2.95. The first-order chi connectivity index (χ1) is 8.65. The fourth-order valence-corrected chi connectivity index (χ4v) is 1.75. The van der Waals surface area contributed by atoms with E-state index in [9.17, 15) is 4.79 Å². The minimum absolute atomic E-state index is 0.0882. The Bertz CT molecular complexity index is 728. The monoisotopic (exact) mass is 235 g/mol. The predicted octanol–water partition coefficient (Wildman–Crippen LogP) is 2.09. The van der Waals surface area contributed by atoms with Crippen molar-refractivity contribution < 1.29 is 0 Å². The Balaban J connectivity index is 2.67. The lowest BCUT2D eigenvalue weighted by molar-refractivity contribution is 1.13. The van der Waals surface area contributed by atoms with Gasteiger partial charge in [-0.1, -0.05) is 12.1 Å². The van der Waals surface area contributed by atoms with Crippen LogP contribution >= 0.6 is 0 Å². The fraction of sp³-hybridized carbons (Fsp3) is 0.0714. The van der Waals surface area contributed by atoms with Crippen molar-refractivity contribution in [1.29, 1.82) is 10.5 Å². The topological polar surface area (TPSA) is 80.4 Å². The molecule has 0 aliphatic carbocycles. The molecular formula is C14H9N3O. The second kappa shape index (κ2) is 4.57. The summed E-state index contributed by atoms with van der Waals surface area (Å²) in [5, 5.41) is 17.8. The van der Waals surface area contributed by atoms with E-state index in [0.29, 0.717) is 16.8 Å². The molecule has 0 aliphatic rings. The van der Waals surface area contributed by atoms with Gasteiger partial charge in [0.2, 0.25) is 0 Å². The zero-order valence-corrected chi connectivity index (χ0v) is 9.69. The normalized spacial score (nSPS) is 9.50. The molecule has 0 saturated heterocycles. The van der Waals surface area contributed by atoms with Crippen molar-refractivity contribution in [3.8, 4) is 23.3 Å². The lowest BCUT2D eigenvalue weighted by atomic mass is 10.00. The van der Waals surface area contributed by atoms with Crippen molar-refractivity contribution >= 4 is 0 Å². The number of aryl methyl sites for hydroxylation is 1. The van der Waals surface area contributed by atoms with Crippen LogP contribution in [0.5, 0.6) is 0 Å². The smallest absolute Gasteiger partial charge is 0.266 e. The van der Waals surface area contributed by atoms with Crippen LogP contribution in [0, 0.1) is 29.6 Å². The number of rotatable bonds is 1. The molecule has 4 heteroatoms. The molecule has 1 aromatic carbocycles. The van der Waals surface area contributed by atoms with E-state index in [-0.39, 0.29) is 5.56 Å². The van der Waals surface area contributed by atoms with E-state index in [1.807, 2.05) is 12.1 Å². The van der Waals surface area contributed by atoms with E-state index < -0.39 is 5.56 Å². The Hall–Kier alpha value is -2.85. The third-order valence-corrected chi connectivity index (χ3v) is 2.60. The third kappa shape index (κ3) is 2.00. The molecule has 4 nitrogen and oxygen atoms in total. The summed E-state index contributed by atoms with van der Waals surface area (Å²) in [5.74, 6) is 0. The molecular weight excluding hydrogens is 226 g/mol. The van der Waals surface area contributed by atoms with Gasteiger partial charge in [0.15, 0.2) is 0 Å². The largest absolute Gasteiger partial charge is 0.325 e. The quantitative estimate of drug-likeness (QED) is 0.821. The molecule has 18 heavy (non-hydrogen) atoms. The molecule has 0 atom stereocenters. The number of nitriles is 2. The Labute approximate surface area is 104 Å². The van der Waals surface area contributed by atoms with Gasteiger partial charge in [-0.25, -0.2) is 0 Å². The second-order valence-electron chi connectivity index (χ2n) is 3.87. The van der Waals surface area contributed by atoms with Gasteiger partial charge in [-0.2, -0.15) is 10.5 Å². The third-order valence-electron chi connectivity index (χ3n) is 2.60. The van der Waals surface area contributed by atoms with Crippen LogP contribution in [0.4, 0.5) is 0 Å². The minimum atomic E-state index is -0.392. The summed E-state index contributed by atoms with van der Waals surface area (Å²) in [6.07, 6.45) is 0. The molecule has 1 heterocycles. The van der Waals surface area contributed by atoms with Gasteiger partial charge < -0.3 is 4.98 Å². The summed E-state index contributed by atoms with van der Waals surface area (Å²) in [4.78, 5) is 14.2. The van der Waals surface area contributed by atoms with Gasteiger partial charge in [0.05, 0.1) is 11.6 Å². The molecule has 86 valence electrons. The maximum Gasteiger partial charge on any atom is 0.266 e. The maximum atomic E-state index is 11.7. The SMILES string of the molecule is Cc1cc(-c2ccc(C#N)cc2)c(C#N)c(=O)[nH]1. The molecule has 1 aromatic heterocycles. The summed E-state index contributed by atoms with van der Waals surface area (Å²) >= 11 is 0. The van der Waals surface area contributed by atoms with E-state index in [1.165, 1.54) is 0 Å². The Morgan fingerprint density at radius 2 is 1.78 bits per heavy atom. The molecule has 0 spiro atoms. The van der Waals surface area contributed by atoms with Gasteiger partial charge in [-0.3, -0.25) is 4.79 Å². The number of H-pyrrole nitrogens is 1. The molecule has 2 aromatic rings. The van der Waals surface area contributed by atoms with Crippen molar-refractivity contribution in [2.45, 2.75) is 6.92 Å². The molecule has 0 bridgehead atoms. The van der Waals surface area contributed by atoms with E-state index >= 15 is 0 Å². The van der Waals surface area contributed by atoms with Crippen LogP contribution in [-0.4, -0.2) is 4.98 Å². The molecule has 0 fully saturated rings. The number of nitrogens with zero attached hydrogens (tertiary/aromatic N) is 2. The predicted molar refractivity (Wildman–Crippen MR) is 66.7 cm³/mol. The van der Waals surface area contributed by atoms with Gasteiger partial charge in [0.25, 0.3) is 5.56 Å². The summed E-state index contributed by atoms with van der Waals surface area (Å²) < 4.78 is 0. The van der Waals surface area contributed by atoms with E-state index in [0.717, 1.165) is 5.56 Å². The Morgan fingerprint density at radius 3 is 2.33 bits per heavy atom. The van der Waals surface area contributed by atoms with Crippen LogP contribution in [0.25, 0.3) is 11.1 Å². The highest BCUT2D eigenvalue weighted by Gasteiger charge is 2.09. The molecule has 1 N–H and O–H groups in total. The average molecular weight is 235 g/mol. The van der Waals surface area contributed by atoms with Gasteiger partial charge in [0.1, 0.15) is 11.6 Å². The molecule has 0 saturated carbocycles. The van der Waals surface area contributed by atoms with Crippen LogP contribution in [0.2, 0.25) is 0 Å². The average Bonchev–Trinajstić information content (AvgIpc) is 2.38. The van der Waals surface area contributed by atoms with Crippen LogP contribution in [0.15, 0.2) is 35.1 Å². The first-order valence-corrected chi connectivity index (χ1v) is 5.30. The number of nitrogens with one attached hydrogen (secondary N) is 1. The number of pyridine rings is 1. The van der Waals surface area contributed by atoms with Crippen molar-refractivity contribution in [1.82, 2.24) is 4.98 Å². The van der Waals surface area contributed by atoms with E-state index in [1.54, 1.807) is 37.3 Å². The molecule has 0 radical (unpaired) electrons. The molecule has 0 unspecified atom stereocenters. The first-order valence-electron chi connectivity index (χ1n) is 5.30. The van der Waals surface area contributed by atoms with Crippen molar-refractivity contribution in [3.05, 3.63) is 57.5 Å². The minimum Gasteiger partial charge on any atom is -0.325 e. The lowest BCUT2D eigenvalue weighted by Gasteiger charge is -2.05. The summed E-state index contributed by atoms with van der Waals surface area (Å²) in [5.41, 5.74) is 2.27. The molecule has 0 amide bonds. The fourth-order valence-electron chi connectivity index (χ4n) is 1.75. The van der Waals surface area contributed by atoms with Crippen molar-refractivity contribution in [3.63, 3.8) is 0 Å². The zero-order chi connectivity index (χ0) is 13.1. The van der Waals surface area contributed by atoms with Crippen molar-refractivity contribution in [2.75, 3.05) is 0 Å². The highest BCUT2D eigenvalue weighted by molar-refractivity contribution is 5.70. The van der Waals surface area contributed by atoms with E-state index in [4.69, 9.17) is 10.5 Å². The highest BCUT2D eigenvalue weighted by atomic mass is 16.1. The van der Waals surface area contributed by atoms with Crippen LogP contribution in [0.1, 0.15) is 16.8 Å². The lowest BCUT2D eigenvalue weighted by Crippen LogP contribution is -2.12. The highest BCUT2D eigenvalue weighted by Crippen LogP contribution is 2.22. The summed E-state index contributed by atoms with van der Waals surface area (Å²) in [7, 11) is 0. The number of hydrogen-bond acceptors (Lipinski definition) is 3. The second-order valence-corrected chi connectivity index (χ2v) is 3.87. The Morgan fingerprint density at radius 1 is 1.11 bits per heavy atom. The summed E-state index contributed by atoms with van der Waals surface area (Å²) in [6.45, 7) is 1.76. The standard InChI is InChI=1S/C14H9N3O/c1-9-6-12(13(8-16)14(18)17-9)11-4-2-10(7-15)3-5-11/h2-6H,1H3,(H,17,18). The molecule has 2 rings (SSSR count). The van der Waals surface area contributed by atoms with Crippen LogP contribution in [-0.2, 0) is 0 Å². The molecule has 0 aliphatic heterocycles. The number of aromatic amines is 1. The van der Waals surface area contributed by atoms with Crippen LogP contribution < -0.4 is 5.56 Å². The van der Waals surface area contributed by atoms with Crippen LogP contribution in [0.3, 0.4) is 0 Å². The van der Waals surface area contributed by atoms with E-state index in [2.05, 4.69) is 4.98 Å². The van der Waals surface area contributed by atoms with Gasteiger partial charge >= 0.3 is 0 Å². The van der Waals surface area contributed by atoms with Gasteiger partial charge in [-0.15, -0.1) is 0 Å². The zero-order valence-electron chi connectivity index (χ0n) is 9.69. The van der Waals surface area contributed by atoms with Gasteiger partial charge in [0, 0.05) is 11.3 Å². The first kappa shape index (κ1) is 11.6. The van der Waals surface area contributed by atoms with Crippen molar-refractivity contribution in [2.24, 2.45) is 0 Å². The number of benzene rings is 1. The number of hydrogen-bond donors (Lipinski definition) is 1. The number of aromatic nitrogens is 1. The van der Waals surface area contributed by atoms with Gasteiger partial charge in [-0.05, 0) is 30.7 Å². The summed E-state index contributed by atoms with van der Waals surface area (Å²) in [6, 6.07) is 12.5. The maximum absolute atomic E-state index is 11.7.